The van der Waals surface area contributed by atoms with Crippen LogP contribution in [0, 0.1) is 41.7 Å². The van der Waals surface area contributed by atoms with Gasteiger partial charge in [0.1, 0.15) is 11.0 Å². The first-order valence-electron chi connectivity index (χ1n) is 42.4. The molecule has 0 bridgehead atoms. The molecular weight excluding hydrogens is 1640 g/mol. The smallest absolute Gasteiger partial charge is 0.461 e. The van der Waals surface area contributed by atoms with Crippen LogP contribution >= 0.6 is 0 Å². The van der Waals surface area contributed by atoms with Gasteiger partial charge in [0.25, 0.3) is 45.4 Å². The molecule has 0 radical (unpaired) electrons. The van der Waals surface area contributed by atoms with Gasteiger partial charge in [-0.3, -0.25) is 20.7 Å². The zero-order valence-corrected chi connectivity index (χ0v) is 74.0. The van der Waals surface area contributed by atoms with E-state index < -0.39 is 0 Å². The van der Waals surface area contributed by atoms with Crippen molar-refractivity contribution in [2.45, 2.75) is 26.7 Å². The van der Waals surface area contributed by atoms with Crippen molar-refractivity contribution in [2.24, 2.45) is 34.4 Å². The van der Waals surface area contributed by atoms with Crippen molar-refractivity contribution in [1.29, 1.82) is 0 Å². The normalized spacial score (nSPS) is 11.0. The van der Waals surface area contributed by atoms with Crippen LogP contribution in [0.2, 0.25) is 0 Å². The Morgan fingerprint density at radius 3 is 1.03 bits per heavy atom. The molecule has 0 aliphatic carbocycles. The lowest BCUT2D eigenvalue weighted by atomic mass is 10.1. The van der Waals surface area contributed by atoms with Gasteiger partial charge >= 0.3 is 17.8 Å². The van der Waals surface area contributed by atoms with Gasteiger partial charge in [0.15, 0.2) is 16.6 Å². The summed E-state index contributed by atoms with van der Waals surface area (Å²) in [4.78, 5) is 39.2. The molecule has 0 saturated carbocycles. The van der Waals surface area contributed by atoms with Crippen molar-refractivity contribution in [3.05, 3.63) is 217 Å². The van der Waals surface area contributed by atoms with E-state index in [2.05, 4.69) is 123 Å². The lowest BCUT2D eigenvalue weighted by molar-refractivity contribution is -0.672. The largest absolute Gasteiger partial charge is 0.739 e. The van der Waals surface area contributed by atoms with Crippen LogP contribution in [0.3, 0.4) is 0 Å². The van der Waals surface area contributed by atoms with E-state index in [0.717, 1.165) is 121 Å². The second-order valence-corrected chi connectivity index (χ2v) is 29.2. The number of anilines is 5. The summed E-state index contributed by atoms with van der Waals surface area (Å²) in [5.74, 6) is 0.493. The van der Waals surface area contributed by atoms with Crippen molar-refractivity contribution < 1.29 is 43.2 Å². The van der Waals surface area contributed by atoms with Gasteiger partial charge in [-0.25, -0.2) is 29.1 Å². The summed E-state index contributed by atoms with van der Waals surface area (Å²) in [7, 11) is 10.0. The maximum Gasteiger partial charge on any atom is 0.461 e. The minimum absolute atomic E-state index is 0.000140. The Bertz CT molecular complexity index is 5280. The Morgan fingerprint density at radius 2 is 0.633 bits per heavy atom. The summed E-state index contributed by atoms with van der Waals surface area (Å²) in [6.07, 6.45) is 2.20. The molecule has 0 aliphatic heterocycles. The highest BCUT2D eigenvalue weighted by Gasteiger charge is 2.24. The van der Waals surface area contributed by atoms with Crippen LogP contribution in [0.4, 0.5) is 29.7 Å². The molecule has 6 aromatic heterocycles. The summed E-state index contributed by atoms with van der Waals surface area (Å²) >= 11 is 0. The monoisotopic (exact) mass is 1770 g/mol. The molecule has 0 saturated heterocycles. The number of benzene rings is 7. The van der Waals surface area contributed by atoms with E-state index >= 15 is 0 Å². The van der Waals surface area contributed by atoms with E-state index in [1.54, 1.807) is 115 Å². The first-order valence-corrected chi connectivity index (χ1v) is 42.4. The molecule has 1 amide bonds. The number of carbonyl (C=O) groups excluding carboxylic acids is 1. The Morgan fingerprint density at radius 1 is 0.312 bits per heavy atom. The van der Waals surface area contributed by atoms with Gasteiger partial charge in [-0.1, -0.05) is 105 Å². The van der Waals surface area contributed by atoms with Crippen LogP contribution in [0.5, 0.6) is 0 Å². The number of likely N-dealkylation sites (N-methyl/N-ethyl adjacent to an activating group) is 5. The second-order valence-electron chi connectivity index (χ2n) is 29.2. The van der Waals surface area contributed by atoms with E-state index in [0.29, 0.717) is 168 Å². The predicted molar refractivity (Wildman–Crippen MR) is 498 cm³/mol. The summed E-state index contributed by atoms with van der Waals surface area (Å²) in [6, 6.07) is 49.3. The number of nitrogens with one attached hydrogen (secondary N) is 8. The van der Waals surface area contributed by atoms with E-state index in [1.807, 2.05) is 87.7 Å². The first-order chi connectivity index (χ1) is 62.0. The van der Waals surface area contributed by atoms with Crippen LogP contribution in [0.25, 0.3) is 77.0 Å². The topological polar surface area (TPSA) is 604 Å². The number of hydrogen-bond donors (Lipinski definition) is 14. The third-order valence-electron chi connectivity index (χ3n) is 19.0. The van der Waals surface area contributed by atoms with Crippen LogP contribution in [0.15, 0.2) is 170 Å². The number of nitrogens with zero attached hydrogens (tertiary/aromatic N) is 21. The summed E-state index contributed by atoms with van der Waals surface area (Å²) in [5, 5.41) is 140. The van der Waals surface area contributed by atoms with E-state index in [9.17, 15) is 46.5 Å². The number of fused-ring (bicyclic) bond motifs is 7. The van der Waals surface area contributed by atoms with Crippen LogP contribution < -0.4 is 115 Å². The summed E-state index contributed by atoms with van der Waals surface area (Å²) < 4.78 is 1.89. The average molecular weight is 1770 g/mol. The van der Waals surface area contributed by atoms with Crippen molar-refractivity contribution in [2.75, 3.05) is 232 Å². The van der Waals surface area contributed by atoms with Crippen LogP contribution in [-0.2, 0) is 0 Å². The molecule has 0 aliphatic rings. The van der Waals surface area contributed by atoms with Gasteiger partial charge in [0.05, 0.1) is 46.4 Å². The SMILES string of the molecule is CCCN(C)CCNc1n[n+]([O-])c2ccccc2[n+]1[O-].CCCN(C)CCNc1nc2ccccc2[n+]([O-])n1.CN(CCN)CCN.CN(CCN)CCNc1n[n+]([O-])c2ccccc2[n+]1[O-].CN(CCN)CCNc1nc2ccccc2[n+]([O-])n1.NCCNCCN.O=C(NCCNCCNc1n[n+]([O-])c2ccccc2[n+]1[O-])c1cccc2cc3ccccc3nc12. The molecule has 128 heavy (non-hydrogen) atoms. The Kier molecular flexibility index (Phi) is 44.7. The zero-order valence-electron chi connectivity index (χ0n) is 74.0. The van der Waals surface area contributed by atoms with E-state index in [4.69, 9.17) is 34.4 Å². The number of carbonyl (C=O) groups is 1. The van der Waals surface area contributed by atoms with Crippen molar-refractivity contribution in [3.63, 3.8) is 0 Å². The molecule has 0 unspecified atom stereocenters. The Balaban J connectivity index is 0.000000215. The maximum absolute atomic E-state index is 12.8. The fraction of sp³-hybridized carbons (Fsp3) is 0.417. The molecule has 690 valence electrons. The van der Waals surface area contributed by atoms with Gasteiger partial charge in [-0.05, 0) is 119 Å². The number of hydrogen-bond acceptors (Lipinski definition) is 35. The lowest BCUT2D eigenvalue weighted by Crippen LogP contribution is -2.44. The van der Waals surface area contributed by atoms with Crippen LogP contribution in [-0.4, -0.2) is 276 Å². The first kappa shape index (κ1) is 102. The van der Waals surface area contributed by atoms with E-state index in [1.165, 1.54) is 0 Å². The molecule has 44 heteroatoms. The van der Waals surface area contributed by atoms with Crippen molar-refractivity contribution in [3.8, 4) is 0 Å². The average Bonchev–Trinajstić information content (AvgIpc) is 0.782. The highest BCUT2D eigenvalue weighted by Crippen LogP contribution is 2.23. The molecule has 13 rings (SSSR count). The number of pyridine rings is 1. The highest BCUT2D eigenvalue weighted by molar-refractivity contribution is 6.07. The third-order valence-corrected chi connectivity index (χ3v) is 19.0. The van der Waals surface area contributed by atoms with Crippen LogP contribution in [0.1, 0.15) is 37.0 Å². The molecule has 20 N–H and O–H groups in total. The van der Waals surface area contributed by atoms with Crippen molar-refractivity contribution in [1.82, 2.24) is 80.9 Å². The highest BCUT2D eigenvalue weighted by atomic mass is 16.5. The standard InChI is InChI=1S/C25H23N7O3.C13H19N5O2.C13H19N5O.C12H18N6O2.C12H18N6O.C5H15N3.C4H13N3/c33-24(19-8-5-7-18-16-17-6-1-2-9-20(17)29-23(18)19)27-14-12-26-13-15-28-25-30-32(35)22-11-4-3-10-21(22)31(25)34;1-3-9-16(2)10-8-14-13-15-18(20)12-7-5-4-6-11(12)17(13)19;1-3-9-17(2)10-8-14-13-15-11-6-4-5-7-12(11)18(19)16-13;1-16(8-6-13)9-7-14-12-15-18(20)11-5-3-2-4-10(11)17(12)19;1-17(8-6-13)9-7-14-12-15-10-4-2-3-5-11(10)18(19)16-12;1-8(4-2-6)5-3-7;5-1-3-7-4-2-6/h1-11,16,26H,12-15H2,(H,27,33)(H,28,30);4-7H,3,8-10H2,1-2H3,(H,14,15);4-7H,3,8-10H2,1-2H3,(H,14,15,16);2-5H,6-9,13H2,1H3,(H,14,15);2-5H,6-9,13H2,1H3,(H,14,15,16);2-7H2,1H3;7H,1-6H2. The summed E-state index contributed by atoms with van der Waals surface area (Å²) in [6.45, 7) is 23.0. The quantitative estimate of drug-likeness (QED) is 0.00909. The van der Waals surface area contributed by atoms with Gasteiger partial charge < -0.3 is 127 Å². The molecule has 13 aromatic rings. The fourth-order valence-electron chi connectivity index (χ4n) is 12.4. The van der Waals surface area contributed by atoms with Gasteiger partial charge in [0, 0.05) is 193 Å². The minimum Gasteiger partial charge on any atom is -0.739 e. The maximum atomic E-state index is 12.8. The molecule has 0 fully saturated rings. The van der Waals surface area contributed by atoms with E-state index in [-0.39, 0.29) is 51.3 Å². The molecule has 7 aromatic carbocycles. The minimum atomic E-state index is -0.189. The molecule has 0 spiro atoms. The van der Waals surface area contributed by atoms with Gasteiger partial charge in [0.2, 0.25) is 15.3 Å². The van der Waals surface area contributed by atoms with Gasteiger partial charge in [-0.15, -0.1) is 0 Å². The number of amides is 1. The zero-order chi connectivity index (χ0) is 92.5. The Hall–Kier alpha value is -13.1. The summed E-state index contributed by atoms with van der Waals surface area (Å²) in [5.41, 5.74) is 37.6. The predicted octanol–water partition coefficient (Wildman–Crippen LogP) is -1.39. The molecule has 6 heterocycles. The Labute approximate surface area is 743 Å². The lowest BCUT2D eigenvalue weighted by Gasteiger charge is -2.15. The molecule has 44 nitrogen and oxygen atoms in total. The van der Waals surface area contributed by atoms with Crippen molar-refractivity contribution >= 4 is 113 Å². The number of rotatable bonds is 40. The van der Waals surface area contributed by atoms with Gasteiger partial charge in [-0.2, -0.15) is 0 Å². The number of aromatic nitrogens is 16. The third kappa shape index (κ3) is 33.0. The second kappa shape index (κ2) is 56.1. The fourth-order valence-corrected chi connectivity index (χ4v) is 12.4. The molecule has 0 atom stereocenters. The number of para-hydroxylation sites is 12. The number of nitrogens with two attached hydrogens (primary N) is 6. The molecular formula is C84H125N35O9.